The fourth-order valence-corrected chi connectivity index (χ4v) is 1.81. The molecular formula is C14H20O4. The van der Waals surface area contributed by atoms with E-state index in [1.807, 2.05) is 38.1 Å². The lowest BCUT2D eigenvalue weighted by Gasteiger charge is -2.22. The van der Waals surface area contributed by atoms with Gasteiger partial charge >= 0.3 is 5.97 Å². The second-order valence-electron chi connectivity index (χ2n) is 3.96. The normalized spacial score (nSPS) is 13.8. The van der Waals surface area contributed by atoms with Crippen molar-refractivity contribution in [3.63, 3.8) is 0 Å². The van der Waals surface area contributed by atoms with Crippen LogP contribution in [0.2, 0.25) is 0 Å². The molecule has 4 heteroatoms. The van der Waals surface area contributed by atoms with Crippen molar-refractivity contribution in [3.05, 3.63) is 29.8 Å². The highest BCUT2D eigenvalue weighted by molar-refractivity contribution is 5.76. The molecule has 100 valence electrons. The molecule has 18 heavy (non-hydrogen) atoms. The highest BCUT2D eigenvalue weighted by Gasteiger charge is 2.27. The second kappa shape index (κ2) is 7.01. The Kier molecular flexibility index (Phi) is 5.65. The van der Waals surface area contributed by atoms with Gasteiger partial charge < -0.3 is 14.2 Å². The third kappa shape index (κ3) is 3.47. The number of hydrogen-bond acceptors (Lipinski definition) is 4. The molecule has 0 amide bonds. The van der Waals surface area contributed by atoms with E-state index in [1.54, 1.807) is 7.11 Å². The van der Waals surface area contributed by atoms with Gasteiger partial charge in [0.2, 0.25) is 0 Å². The van der Waals surface area contributed by atoms with E-state index in [2.05, 4.69) is 0 Å². The standard InChI is InChI=1S/C14H20O4/c1-5-18-13(14(15)17-4)10(2)11-7-6-8-12(9-11)16-3/h6-10,13H,5H2,1-4H3. The highest BCUT2D eigenvalue weighted by Crippen LogP contribution is 2.25. The summed E-state index contributed by atoms with van der Waals surface area (Å²) in [7, 11) is 2.98. The first-order valence-electron chi connectivity index (χ1n) is 5.97. The van der Waals surface area contributed by atoms with Crippen LogP contribution >= 0.6 is 0 Å². The molecule has 1 aromatic carbocycles. The predicted molar refractivity (Wildman–Crippen MR) is 68.8 cm³/mol. The van der Waals surface area contributed by atoms with Crippen molar-refractivity contribution in [2.45, 2.75) is 25.9 Å². The Hall–Kier alpha value is -1.55. The maximum Gasteiger partial charge on any atom is 0.335 e. The summed E-state index contributed by atoms with van der Waals surface area (Å²) in [6.07, 6.45) is -0.591. The number of rotatable bonds is 6. The summed E-state index contributed by atoms with van der Waals surface area (Å²) in [6, 6.07) is 7.61. The van der Waals surface area contributed by atoms with Crippen molar-refractivity contribution in [1.82, 2.24) is 0 Å². The SMILES string of the molecule is CCOC(C(=O)OC)C(C)c1cccc(OC)c1. The molecule has 1 aromatic rings. The Morgan fingerprint density at radius 3 is 2.61 bits per heavy atom. The molecule has 0 spiro atoms. The molecule has 0 saturated heterocycles. The molecular weight excluding hydrogens is 232 g/mol. The van der Waals surface area contributed by atoms with E-state index in [4.69, 9.17) is 14.2 Å². The van der Waals surface area contributed by atoms with E-state index in [9.17, 15) is 4.79 Å². The monoisotopic (exact) mass is 252 g/mol. The lowest BCUT2D eigenvalue weighted by atomic mass is 9.95. The molecule has 2 unspecified atom stereocenters. The average Bonchev–Trinajstić information content (AvgIpc) is 2.43. The van der Waals surface area contributed by atoms with Gasteiger partial charge in [-0.1, -0.05) is 19.1 Å². The Bertz CT molecular complexity index is 389. The van der Waals surface area contributed by atoms with Crippen LogP contribution in [0.3, 0.4) is 0 Å². The largest absolute Gasteiger partial charge is 0.497 e. The molecule has 0 fully saturated rings. The van der Waals surface area contributed by atoms with Crippen LogP contribution in [-0.2, 0) is 14.3 Å². The molecule has 0 saturated carbocycles. The Morgan fingerprint density at radius 1 is 1.33 bits per heavy atom. The predicted octanol–water partition coefficient (Wildman–Crippen LogP) is 2.38. The molecule has 0 N–H and O–H groups in total. The number of carbonyl (C=O) groups is 1. The lowest BCUT2D eigenvalue weighted by Crippen LogP contribution is -2.31. The van der Waals surface area contributed by atoms with Crippen LogP contribution in [0.15, 0.2) is 24.3 Å². The maximum atomic E-state index is 11.7. The van der Waals surface area contributed by atoms with E-state index in [-0.39, 0.29) is 11.9 Å². The van der Waals surface area contributed by atoms with Gasteiger partial charge in [-0.3, -0.25) is 0 Å². The van der Waals surface area contributed by atoms with Crippen molar-refractivity contribution in [2.75, 3.05) is 20.8 Å². The van der Waals surface area contributed by atoms with Gasteiger partial charge in [0, 0.05) is 12.5 Å². The minimum Gasteiger partial charge on any atom is -0.497 e. The van der Waals surface area contributed by atoms with E-state index >= 15 is 0 Å². The summed E-state index contributed by atoms with van der Waals surface area (Å²) in [6.45, 7) is 4.26. The number of ether oxygens (including phenoxy) is 3. The van der Waals surface area contributed by atoms with Crippen LogP contribution in [-0.4, -0.2) is 32.9 Å². The Balaban J connectivity index is 2.93. The van der Waals surface area contributed by atoms with Gasteiger partial charge in [-0.15, -0.1) is 0 Å². The van der Waals surface area contributed by atoms with Crippen molar-refractivity contribution in [3.8, 4) is 5.75 Å². The summed E-state index contributed by atoms with van der Waals surface area (Å²) in [5.74, 6) is 0.319. The van der Waals surface area contributed by atoms with Crippen LogP contribution in [0.1, 0.15) is 25.3 Å². The van der Waals surface area contributed by atoms with Gasteiger partial charge in [0.1, 0.15) is 5.75 Å². The second-order valence-corrected chi connectivity index (χ2v) is 3.96. The topological polar surface area (TPSA) is 44.8 Å². The zero-order valence-electron chi connectivity index (χ0n) is 11.3. The Morgan fingerprint density at radius 2 is 2.06 bits per heavy atom. The van der Waals surface area contributed by atoms with Crippen LogP contribution < -0.4 is 4.74 Å². The molecule has 2 atom stereocenters. The third-order valence-corrected chi connectivity index (χ3v) is 2.85. The van der Waals surface area contributed by atoms with E-state index in [0.29, 0.717) is 6.61 Å². The summed E-state index contributed by atoms with van der Waals surface area (Å²) in [4.78, 5) is 11.7. The summed E-state index contributed by atoms with van der Waals surface area (Å²) < 4.78 is 15.4. The Labute approximate surface area is 108 Å². The van der Waals surface area contributed by atoms with Gasteiger partial charge in [0.25, 0.3) is 0 Å². The quantitative estimate of drug-likeness (QED) is 0.729. The first-order chi connectivity index (χ1) is 8.63. The van der Waals surface area contributed by atoms with Crippen molar-refractivity contribution in [1.29, 1.82) is 0 Å². The van der Waals surface area contributed by atoms with Crippen molar-refractivity contribution >= 4 is 5.97 Å². The van der Waals surface area contributed by atoms with E-state index < -0.39 is 6.10 Å². The van der Waals surface area contributed by atoms with Crippen LogP contribution in [0, 0.1) is 0 Å². The number of methoxy groups -OCH3 is 2. The zero-order chi connectivity index (χ0) is 13.5. The number of hydrogen-bond donors (Lipinski definition) is 0. The first kappa shape index (κ1) is 14.5. The summed E-state index contributed by atoms with van der Waals surface area (Å²) >= 11 is 0. The number of carbonyl (C=O) groups excluding carboxylic acids is 1. The van der Waals surface area contributed by atoms with E-state index in [0.717, 1.165) is 11.3 Å². The lowest BCUT2D eigenvalue weighted by molar-refractivity contribution is -0.155. The van der Waals surface area contributed by atoms with Gasteiger partial charge in [-0.05, 0) is 24.6 Å². The fourth-order valence-electron chi connectivity index (χ4n) is 1.81. The van der Waals surface area contributed by atoms with Gasteiger partial charge in [-0.2, -0.15) is 0 Å². The number of esters is 1. The van der Waals surface area contributed by atoms with E-state index in [1.165, 1.54) is 7.11 Å². The van der Waals surface area contributed by atoms with Crippen LogP contribution in [0.5, 0.6) is 5.75 Å². The van der Waals surface area contributed by atoms with Crippen molar-refractivity contribution < 1.29 is 19.0 Å². The first-order valence-corrected chi connectivity index (χ1v) is 5.97. The maximum absolute atomic E-state index is 11.7. The van der Waals surface area contributed by atoms with Crippen LogP contribution in [0.4, 0.5) is 0 Å². The molecule has 4 nitrogen and oxygen atoms in total. The molecule has 0 aromatic heterocycles. The zero-order valence-corrected chi connectivity index (χ0v) is 11.3. The molecule has 1 rings (SSSR count). The smallest absolute Gasteiger partial charge is 0.335 e. The van der Waals surface area contributed by atoms with Crippen molar-refractivity contribution in [2.24, 2.45) is 0 Å². The van der Waals surface area contributed by atoms with Gasteiger partial charge in [-0.25, -0.2) is 4.79 Å². The molecule has 0 aliphatic heterocycles. The summed E-state index contributed by atoms with van der Waals surface area (Å²) in [5, 5.41) is 0. The van der Waals surface area contributed by atoms with Crippen LogP contribution in [0.25, 0.3) is 0 Å². The molecule has 0 radical (unpaired) electrons. The number of benzene rings is 1. The minimum atomic E-state index is -0.591. The molecule has 0 bridgehead atoms. The minimum absolute atomic E-state index is 0.0903. The molecule has 0 aliphatic carbocycles. The average molecular weight is 252 g/mol. The third-order valence-electron chi connectivity index (χ3n) is 2.85. The van der Waals surface area contributed by atoms with Gasteiger partial charge in [0.05, 0.1) is 14.2 Å². The van der Waals surface area contributed by atoms with Gasteiger partial charge in [0.15, 0.2) is 6.10 Å². The molecule has 0 heterocycles. The summed E-state index contributed by atoms with van der Waals surface area (Å²) in [5.41, 5.74) is 0.984. The fraction of sp³-hybridized carbons (Fsp3) is 0.500. The highest BCUT2D eigenvalue weighted by atomic mass is 16.6. The molecule has 0 aliphatic rings.